The van der Waals surface area contributed by atoms with Crippen molar-refractivity contribution in [1.29, 1.82) is 0 Å². The smallest absolute Gasteiger partial charge is 0.427 e. The zero-order valence-corrected chi connectivity index (χ0v) is 21.8. The molecule has 2 amide bonds. The molecule has 1 fully saturated rings. The average Bonchev–Trinajstić information content (AvgIpc) is 3.67. The molecule has 0 unspecified atom stereocenters. The van der Waals surface area contributed by atoms with E-state index in [1.807, 2.05) is 6.07 Å². The first-order chi connectivity index (χ1) is 17.7. The van der Waals surface area contributed by atoms with E-state index in [1.165, 1.54) is 31.2 Å². The number of sulfonamides is 1. The van der Waals surface area contributed by atoms with Crippen molar-refractivity contribution >= 4 is 33.4 Å². The summed E-state index contributed by atoms with van der Waals surface area (Å²) in [6, 6.07) is 10.7. The summed E-state index contributed by atoms with van der Waals surface area (Å²) in [6.45, 7) is 2.64. The van der Waals surface area contributed by atoms with Crippen LogP contribution in [0.1, 0.15) is 45.1 Å². The molecule has 1 atom stereocenters. The van der Waals surface area contributed by atoms with Crippen LogP contribution in [0.3, 0.4) is 0 Å². The van der Waals surface area contributed by atoms with Crippen LogP contribution in [-0.4, -0.2) is 51.4 Å². The lowest BCUT2D eigenvalue weighted by Gasteiger charge is -2.36. The highest BCUT2D eigenvalue weighted by molar-refractivity contribution is 7.92. The predicted molar refractivity (Wildman–Crippen MR) is 133 cm³/mol. The number of fused-ring (bicyclic) bond motifs is 1. The molecule has 9 nitrogen and oxygen atoms in total. The van der Waals surface area contributed by atoms with E-state index in [-0.39, 0.29) is 41.0 Å². The SMILES string of the molecule is CC(=O)NC[C@H]1CN(S(=O)(=O)c2cccc(C3CC3)c2)c2cc(NC(=O)OC(C)(C)C(F)(F)F)ccc2O1. The molecule has 1 saturated carbocycles. The summed E-state index contributed by atoms with van der Waals surface area (Å²) in [5.41, 5.74) is -1.75. The Morgan fingerprint density at radius 2 is 1.84 bits per heavy atom. The first kappa shape index (κ1) is 27.6. The standard InChI is InChI=1S/C25H28F3N3O6S/c1-15(32)29-13-19-14-31(38(34,35)20-6-4-5-17(11-20)16-7-8-16)21-12-18(9-10-22(21)36-19)30-23(33)37-24(2,3)25(26,27)28/h4-6,9-12,16,19H,7-8,13-14H2,1-3H3,(H,29,32)(H,30,33)/t19-/m0/s1. The molecule has 1 aliphatic carbocycles. The van der Waals surface area contributed by atoms with Gasteiger partial charge in [-0.2, -0.15) is 13.2 Å². The highest BCUT2D eigenvalue weighted by Gasteiger charge is 2.51. The van der Waals surface area contributed by atoms with Crippen molar-refractivity contribution < 1.29 is 40.7 Å². The van der Waals surface area contributed by atoms with E-state index in [2.05, 4.69) is 15.4 Å². The number of amides is 2. The number of halogens is 3. The topological polar surface area (TPSA) is 114 Å². The van der Waals surface area contributed by atoms with Crippen molar-refractivity contribution in [3.8, 4) is 5.75 Å². The molecular formula is C25H28F3N3O6S. The third kappa shape index (κ3) is 5.98. The minimum absolute atomic E-state index is 0.00238. The van der Waals surface area contributed by atoms with Crippen LogP contribution in [0.2, 0.25) is 0 Å². The summed E-state index contributed by atoms with van der Waals surface area (Å²) in [5.74, 6) is 0.159. The number of hydrogen-bond acceptors (Lipinski definition) is 6. The van der Waals surface area contributed by atoms with Gasteiger partial charge in [-0.15, -0.1) is 0 Å². The second-order valence-corrected chi connectivity index (χ2v) is 11.6. The number of nitrogens with zero attached hydrogens (tertiary/aromatic N) is 1. The van der Waals surface area contributed by atoms with Gasteiger partial charge in [0, 0.05) is 12.6 Å². The molecule has 0 spiro atoms. The number of rotatable bonds is 7. The number of ether oxygens (including phenoxy) is 2. The first-order valence-electron chi connectivity index (χ1n) is 11.9. The van der Waals surface area contributed by atoms with Crippen LogP contribution >= 0.6 is 0 Å². The molecule has 0 bridgehead atoms. The summed E-state index contributed by atoms with van der Waals surface area (Å²) in [7, 11) is -4.12. The molecule has 0 aromatic heterocycles. The number of benzene rings is 2. The average molecular weight is 556 g/mol. The molecule has 0 saturated heterocycles. The monoisotopic (exact) mass is 555 g/mol. The Bertz CT molecular complexity index is 1340. The van der Waals surface area contributed by atoms with Crippen molar-refractivity contribution in [2.45, 2.75) is 62.3 Å². The molecule has 38 heavy (non-hydrogen) atoms. The second-order valence-electron chi connectivity index (χ2n) is 9.76. The molecule has 1 heterocycles. The van der Waals surface area contributed by atoms with Gasteiger partial charge in [-0.3, -0.25) is 14.4 Å². The first-order valence-corrected chi connectivity index (χ1v) is 13.4. The highest BCUT2D eigenvalue weighted by atomic mass is 32.2. The minimum atomic E-state index is -4.79. The van der Waals surface area contributed by atoms with Gasteiger partial charge in [0.1, 0.15) is 11.9 Å². The van der Waals surface area contributed by atoms with E-state index in [1.54, 1.807) is 12.1 Å². The number of carbonyl (C=O) groups is 2. The van der Waals surface area contributed by atoms with Crippen molar-refractivity contribution in [3.63, 3.8) is 0 Å². The van der Waals surface area contributed by atoms with Crippen molar-refractivity contribution in [3.05, 3.63) is 48.0 Å². The normalized spacial score (nSPS) is 17.7. The van der Waals surface area contributed by atoms with E-state index in [4.69, 9.17) is 4.74 Å². The molecule has 0 radical (unpaired) electrons. The van der Waals surface area contributed by atoms with E-state index >= 15 is 0 Å². The van der Waals surface area contributed by atoms with E-state index in [0.29, 0.717) is 19.8 Å². The Morgan fingerprint density at radius 1 is 1.13 bits per heavy atom. The zero-order chi connectivity index (χ0) is 27.9. The van der Waals surface area contributed by atoms with Gasteiger partial charge in [0.2, 0.25) is 11.5 Å². The lowest BCUT2D eigenvalue weighted by Crippen LogP contribution is -2.48. The second kappa shape index (κ2) is 10.0. The van der Waals surface area contributed by atoms with Crippen LogP contribution < -0.4 is 19.7 Å². The zero-order valence-electron chi connectivity index (χ0n) is 21.0. The lowest BCUT2D eigenvalue weighted by molar-refractivity contribution is -0.242. The summed E-state index contributed by atoms with van der Waals surface area (Å²) in [5, 5.41) is 4.83. The van der Waals surface area contributed by atoms with Crippen LogP contribution in [0, 0.1) is 0 Å². The van der Waals surface area contributed by atoms with Gasteiger partial charge in [0.15, 0.2) is 0 Å². The van der Waals surface area contributed by atoms with Crippen molar-refractivity contribution in [2.24, 2.45) is 0 Å². The van der Waals surface area contributed by atoms with Gasteiger partial charge >= 0.3 is 12.3 Å². The number of hydrogen-bond donors (Lipinski definition) is 2. The Labute approximate surface area is 218 Å². The third-order valence-electron chi connectivity index (χ3n) is 6.24. The van der Waals surface area contributed by atoms with Gasteiger partial charge < -0.3 is 14.8 Å². The molecule has 2 aromatic rings. The summed E-state index contributed by atoms with van der Waals surface area (Å²) in [4.78, 5) is 23.7. The lowest BCUT2D eigenvalue weighted by atomic mass is 10.1. The van der Waals surface area contributed by atoms with Gasteiger partial charge in [-0.25, -0.2) is 13.2 Å². The third-order valence-corrected chi connectivity index (χ3v) is 8.02. The fourth-order valence-corrected chi connectivity index (χ4v) is 5.44. The highest BCUT2D eigenvalue weighted by Crippen LogP contribution is 2.42. The molecule has 2 aromatic carbocycles. The maximum absolute atomic E-state index is 13.8. The molecule has 2 N–H and O–H groups in total. The van der Waals surface area contributed by atoms with Crippen LogP contribution in [0.25, 0.3) is 0 Å². The van der Waals surface area contributed by atoms with E-state index in [0.717, 1.165) is 22.7 Å². The quantitative estimate of drug-likeness (QED) is 0.519. The molecule has 4 rings (SSSR count). The summed E-state index contributed by atoms with van der Waals surface area (Å²) >= 11 is 0. The van der Waals surface area contributed by atoms with Crippen LogP contribution in [0.15, 0.2) is 47.4 Å². The Hall–Kier alpha value is -3.48. The molecule has 2 aliphatic rings. The van der Waals surface area contributed by atoms with E-state index in [9.17, 15) is 31.2 Å². The summed E-state index contributed by atoms with van der Waals surface area (Å²) < 4.78 is 78.5. The molecule has 206 valence electrons. The van der Waals surface area contributed by atoms with E-state index < -0.39 is 34.0 Å². The minimum Gasteiger partial charge on any atom is -0.484 e. The fourth-order valence-electron chi connectivity index (χ4n) is 3.89. The molecular weight excluding hydrogens is 527 g/mol. The Balaban J connectivity index is 1.66. The maximum Gasteiger partial charge on any atom is 0.427 e. The summed E-state index contributed by atoms with van der Waals surface area (Å²) in [6.07, 6.45) is -4.91. The molecule has 1 aliphatic heterocycles. The van der Waals surface area contributed by atoms with Crippen LogP contribution in [0.4, 0.5) is 29.3 Å². The van der Waals surface area contributed by atoms with Crippen molar-refractivity contribution in [1.82, 2.24) is 5.32 Å². The Kier molecular flexibility index (Phi) is 7.26. The van der Waals surface area contributed by atoms with Gasteiger partial charge in [0.25, 0.3) is 10.0 Å². The number of anilines is 2. The fraction of sp³-hybridized carbons (Fsp3) is 0.440. The molecule has 13 heteroatoms. The number of carbonyl (C=O) groups excluding carboxylic acids is 2. The number of alkyl halides is 3. The van der Waals surface area contributed by atoms with Crippen LogP contribution in [0.5, 0.6) is 5.75 Å². The largest absolute Gasteiger partial charge is 0.484 e. The van der Waals surface area contributed by atoms with Crippen LogP contribution in [-0.2, 0) is 19.6 Å². The maximum atomic E-state index is 13.8. The number of nitrogens with one attached hydrogen (secondary N) is 2. The van der Waals surface area contributed by atoms with Gasteiger partial charge in [-0.1, -0.05) is 12.1 Å². The van der Waals surface area contributed by atoms with Gasteiger partial charge in [-0.05, 0) is 68.5 Å². The Morgan fingerprint density at radius 3 is 2.47 bits per heavy atom. The van der Waals surface area contributed by atoms with Gasteiger partial charge in [0.05, 0.1) is 23.7 Å². The van der Waals surface area contributed by atoms with Crippen molar-refractivity contribution in [2.75, 3.05) is 22.7 Å². The predicted octanol–water partition coefficient (Wildman–Crippen LogP) is 4.55.